The van der Waals surface area contributed by atoms with E-state index in [0.29, 0.717) is 5.92 Å². The number of hydrogen-bond donors (Lipinski definition) is 2. The number of benzene rings is 1. The number of fused-ring (bicyclic) bond motifs is 1. The molecule has 3 rings (SSSR count). The Labute approximate surface area is 122 Å². The zero-order valence-electron chi connectivity index (χ0n) is 11.5. The Morgan fingerprint density at radius 3 is 3.05 bits per heavy atom. The van der Waals surface area contributed by atoms with Crippen molar-refractivity contribution in [3.05, 3.63) is 57.0 Å². The summed E-state index contributed by atoms with van der Waals surface area (Å²) < 4.78 is 13.6. The lowest BCUT2D eigenvalue weighted by molar-refractivity contribution is 0.408. The Morgan fingerprint density at radius 1 is 1.40 bits per heavy atom. The van der Waals surface area contributed by atoms with Gasteiger partial charge in [0.2, 0.25) is 0 Å². The minimum atomic E-state index is -0.202. The Morgan fingerprint density at radius 2 is 2.25 bits per heavy atom. The number of aryl methyl sites for hydroxylation is 2. The summed E-state index contributed by atoms with van der Waals surface area (Å²) >= 11 is 1.82. The SMILES string of the molecule is Cc1ccc(F)cc1C(NN)C1CCCc2sccc21. The monoisotopic (exact) mass is 290 g/mol. The summed E-state index contributed by atoms with van der Waals surface area (Å²) in [6, 6.07) is 7.11. The Kier molecular flexibility index (Phi) is 3.87. The molecule has 1 aromatic carbocycles. The largest absolute Gasteiger partial charge is 0.271 e. The fraction of sp³-hybridized carbons (Fsp3) is 0.375. The summed E-state index contributed by atoms with van der Waals surface area (Å²) in [4.78, 5) is 1.45. The molecular weight excluding hydrogens is 271 g/mol. The molecule has 0 spiro atoms. The van der Waals surface area contributed by atoms with E-state index in [1.54, 1.807) is 6.07 Å². The third-order valence-corrected chi connectivity index (χ3v) is 5.25. The van der Waals surface area contributed by atoms with Gasteiger partial charge in [0, 0.05) is 10.8 Å². The number of hydrogen-bond acceptors (Lipinski definition) is 3. The Hall–Kier alpha value is -1.23. The maximum Gasteiger partial charge on any atom is 0.123 e. The van der Waals surface area contributed by atoms with E-state index in [1.165, 1.54) is 22.9 Å². The van der Waals surface area contributed by atoms with Gasteiger partial charge in [0.25, 0.3) is 0 Å². The lowest BCUT2D eigenvalue weighted by Crippen LogP contribution is -2.34. The van der Waals surface area contributed by atoms with Crippen LogP contribution in [0.25, 0.3) is 0 Å². The normalized spacial score (nSPS) is 19.6. The highest BCUT2D eigenvalue weighted by Crippen LogP contribution is 2.42. The van der Waals surface area contributed by atoms with Crippen molar-refractivity contribution >= 4 is 11.3 Å². The van der Waals surface area contributed by atoms with Crippen molar-refractivity contribution in [2.75, 3.05) is 0 Å². The first-order valence-corrected chi connectivity index (χ1v) is 7.87. The number of rotatable bonds is 3. The van der Waals surface area contributed by atoms with Crippen LogP contribution in [0.15, 0.2) is 29.6 Å². The molecule has 0 fully saturated rings. The molecule has 0 radical (unpaired) electrons. The molecule has 2 unspecified atom stereocenters. The van der Waals surface area contributed by atoms with E-state index in [0.717, 1.165) is 24.0 Å². The molecule has 0 saturated heterocycles. The molecule has 2 aromatic rings. The van der Waals surface area contributed by atoms with Gasteiger partial charge in [-0.05, 0) is 66.5 Å². The highest BCUT2D eigenvalue weighted by molar-refractivity contribution is 7.10. The second kappa shape index (κ2) is 5.64. The standard InChI is InChI=1S/C16H19FN2S/c1-10-5-6-11(17)9-14(10)16(19-18)13-3-2-4-15-12(13)7-8-20-15/h5-9,13,16,19H,2-4,18H2,1H3. The summed E-state index contributed by atoms with van der Waals surface area (Å²) in [7, 11) is 0. The molecule has 0 bridgehead atoms. The van der Waals surface area contributed by atoms with Crippen LogP contribution in [-0.4, -0.2) is 0 Å². The average Bonchev–Trinajstić information content (AvgIpc) is 2.92. The molecule has 106 valence electrons. The van der Waals surface area contributed by atoms with E-state index in [4.69, 9.17) is 5.84 Å². The Balaban J connectivity index is 2.01. The second-order valence-electron chi connectivity index (χ2n) is 5.44. The average molecular weight is 290 g/mol. The fourth-order valence-corrected chi connectivity index (χ4v) is 4.23. The van der Waals surface area contributed by atoms with Crippen LogP contribution in [0.2, 0.25) is 0 Å². The van der Waals surface area contributed by atoms with E-state index in [-0.39, 0.29) is 11.9 Å². The summed E-state index contributed by atoms with van der Waals surface area (Å²) in [6.45, 7) is 2.01. The van der Waals surface area contributed by atoms with Crippen molar-refractivity contribution in [1.82, 2.24) is 5.43 Å². The molecule has 1 aliphatic carbocycles. The summed E-state index contributed by atoms with van der Waals surface area (Å²) in [5.41, 5.74) is 6.36. The molecule has 1 heterocycles. The van der Waals surface area contributed by atoms with Gasteiger partial charge in [0.05, 0.1) is 6.04 Å². The van der Waals surface area contributed by atoms with Gasteiger partial charge < -0.3 is 0 Å². The molecule has 0 saturated carbocycles. The van der Waals surface area contributed by atoms with Crippen molar-refractivity contribution in [2.24, 2.45) is 5.84 Å². The maximum absolute atomic E-state index is 13.6. The van der Waals surface area contributed by atoms with Crippen molar-refractivity contribution < 1.29 is 4.39 Å². The van der Waals surface area contributed by atoms with Gasteiger partial charge in [-0.3, -0.25) is 11.3 Å². The second-order valence-corrected chi connectivity index (χ2v) is 6.44. The van der Waals surface area contributed by atoms with E-state index in [1.807, 2.05) is 24.3 Å². The quantitative estimate of drug-likeness (QED) is 0.666. The van der Waals surface area contributed by atoms with Gasteiger partial charge in [-0.25, -0.2) is 4.39 Å². The molecular formula is C16H19FN2S. The molecule has 2 nitrogen and oxygen atoms in total. The molecule has 3 N–H and O–H groups in total. The number of hydrazine groups is 1. The van der Waals surface area contributed by atoms with Crippen molar-refractivity contribution in [1.29, 1.82) is 0 Å². The topological polar surface area (TPSA) is 38.0 Å². The predicted octanol–water partition coefficient (Wildman–Crippen LogP) is 3.82. The molecule has 20 heavy (non-hydrogen) atoms. The van der Waals surface area contributed by atoms with Crippen LogP contribution in [0, 0.1) is 12.7 Å². The van der Waals surface area contributed by atoms with Crippen LogP contribution < -0.4 is 11.3 Å². The number of nitrogens with one attached hydrogen (secondary N) is 1. The van der Waals surface area contributed by atoms with Gasteiger partial charge in [-0.15, -0.1) is 11.3 Å². The molecule has 0 aliphatic heterocycles. The molecule has 1 aliphatic rings. The zero-order chi connectivity index (χ0) is 14.1. The van der Waals surface area contributed by atoms with Crippen molar-refractivity contribution in [3.8, 4) is 0 Å². The first-order valence-electron chi connectivity index (χ1n) is 6.99. The van der Waals surface area contributed by atoms with Gasteiger partial charge in [0.15, 0.2) is 0 Å². The van der Waals surface area contributed by atoms with Crippen LogP contribution >= 0.6 is 11.3 Å². The van der Waals surface area contributed by atoms with Crippen LogP contribution in [0.4, 0.5) is 4.39 Å². The molecule has 0 amide bonds. The van der Waals surface area contributed by atoms with Crippen molar-refractivity contribution in [2.45, 2.75) is 38.1 Å². The minimum absolute atomic E-state index is 0.0284. The van der Waals surface area contributed by atoms with E-state index in [2.05, 4.69) is 16.9 Å². The van der Waals surface area contributed by atoms with E-state index < -0.39 is 0 Å². The number of nitrogens with two attached hydrogens (primary N) is 1. The van der Waals surface area contributed by atoms with E-state index >= 15 is 0 Å². The highest BCUT2D eigenvalue weighted by atomic mass is 32.1. The predicted molar refractivity (Wildman–Crippen MR) is 81.2 cm³/mol. The maximum atomic E-state index is 13.6. The molecule has 2 atom stereocenters. The third kappa shape index (κ3) is 2.39. The van der Waals surface area contributed by atoms with Crippen LogP contribution in [0.5, 0.6) is 0 Å². The summed E-state index contributed by atoms with van der Waals surface area (Å²) in [5.74, 6) is 5.94. The van der Waals surface area contributed by atoms with Gasteiger partial charge in [-0.1, -0.05) is 6.07 Å². The molecule has 4 heteroatoms. The van der Waals surface area contributed by atoms with E-state index in [9.17, 15) is 4.39 Å². The first kappa shape index (κ1) is 13.7. The first-order chi connectivity index (χ1) is 9.70. The van der Waals surface area contributed by atoms with Crippen LogP contribution in [0.1, 0.15) is 46.4 Å². The summed E-state index contributed by atoms with van der Waals surface area (Å²) in [5, 5.41) is 2.15. The summed E-state index contributed by atoms with van der Waals surface area (Å²) in [6.07, 6.45) is 3.42. The number of thiophene rings is 1. The highest BCUT2D eigenvalue weighted by Gasteiger charge is 2.30. The fourth-order valence-electron chi connectivity index (χ4n) is 3.24. The van der Waals surface area contributed by atoms with Crippen LogP contribution in [0.3, 0.4) is 0 Å². The minimum Gasteiger partial charge on any atom is -0.271 e. The van der Waals surface area contributed by atoms with Crippen molar-refractivity contribution in [3.63, 3.8) is 0 Å². The third-order valence-electron chi connectivity index (χ3n) is 4.26. The Bertz CT molecular complexity index is 608. The van der Waals surface area contributed by atoms with Gasteiger partial charge in [-0.2, -0.15) is 0 Å². The molecule has 1 aromatic heterocycles. The lowest BCUT2D eigenvalue weighted by atomic mass is 9.79. The van der Waals surface area contributed by atoms with Crippen LogP contribution in [-0.2, 0) is 6.42 Å². The van der Waals surface area contributed by atoms with Gasteiger partial charge in [0.1, 0.15) is 5.82 Å². The van der Waals surface area contributed by atoms with Gasteiger partial charge >= 0.3 is 0 Å². The lowest BCUT2D eigenvalue weighted by Gasteiger charge is -2.31. The smallest absolute Gasteiger partial charge is 0.123 e. The number of halogens is 1. The zero-order valence-corrected chi connectivity index (χ0v) is 12.3.